The van der Waals surface area contributed by atoms with Gasteiger partial charge in [-0.3, -0.25) is 4.79 Å². The number of hydrogen-bond donors (Lipinski definition) is 1. The van der Waals surface area contributed by atoms with Crippen LogP contribution in [-0.4, -0.2) is 50.6 Å². The Morgan fingerprint density at radius 3 is 2.50 bits per heavy atom. The highest BCUT2D eigenvalue weighted by atomic mass is 16.5. The fourth-order valence-electron chi connectivity index (χ4n) is 3.56. The molecule has 2 aromatic rings. The number of piperazine rings is 1. The lowest BCUT2D eigenvalue weighted by molar-refractivity contribution is -0.118. The molecule has 2 aromatic carbocycles. The van der Waals surface area contributed by atoms with Crippen LogP contribution in [0.5, 0.6) is 5.75 Å². The Kier molecular flexibility index (Phi) is 6.57. The van der Waals surface area contributed by atoms with Crippen molar-refractivity contribution in [3.8, 4) is 5.75 Å². The van der Waals surface area contributed by atoms with E-state index in [9.17, 15) is 4.79 Å². The molecular weight excluding hydrogens is 350 g/mol. The van der Waals surface area contributed by atoms with Crippen LogP contribution in [0.15, 0.2) is 42.5 Å². The summed E-state index contributed by atoms with van der Waals surface area (Å²) in [7, 11) is 2.16. The van der Waals surface area contributed by atoms with Crippen molar-refractivity contribution in [2.45, 2.75) is 26.7 Å². The number of aryl methyl sites for hydroxylation is 1. The van der Waals surface area contributed by atoms with Crippen molar-refractivity contribution >= 4 is 17.3 Å². The topological polar surface area (TPSA) is 44.8 Å². The third-order valence-electron chi connectivity index (χ3n) is 5.22. The lowest BCUT2D eigenvalue weighted by atomic mass is 10.0. The van der Waals surface area contributed by atoms with Crippen molar-refractivity contribution in [3.63, 3.8) is 0 Å². The van der Waals surface area contributed by atoms with Crippen LogP contribution in [0.25, 0.3) is 0 Å². The number of ether oxygens (including phenoxy) is 1. The minimum atomic E-state index is -0.148. The van der Waals surface area contributed by atoms with E-state index < -0.39 is 0 Å². The smallest absolute Gasteiger partial charge is 0.262 e. The minimum absolute atomic E-state index is 0.00297. The zero-order valence-corrected chi connectivity index (χ0v) is 17.4. The Hall–Kier alpha value is -2.53. The average molecular weight is 382 g/mol. The lowest BCUT2D eigenvalue weighted by Crippen LogP contribution is -2.44. The molecule has 5 nitrogen and oxygen atoms in total. The molecule has 1 amide bonds. The molecule has 0 spiro atoms. The molecule has 1 fully saturated rings. The number of anilines is 2. The lowest BCUT2D eigenvalue weighted by Gasteiger charge is -2.35. The van der Waals surface area contributed by atoms with Crippen LogP contribution in [0.1, 0.15) is 30.9 Å². The number of carbonyl (C=O) groups excluding carboxylic acids is 1. The Balaban J connectivity index is 1.58. The largest absolute Gasteiger partial charge is 0.483 e. The fourth-order valence-corrected chi connectivity index (χ4v) is 3.56. The van der Waals surface area contributed by atoms with Crippen LogP contribution in [0.4, 0.5) is 11.4 Å². The number of nitrogens with zero attached hydrogens (tertiary/aromatic N) is 2. The van der Waals surface area contributed by atoms with Gasteiger partial charge in [0.05, 0.1) is 0 Å². The summed E-state index contributed by atoms with van der Waals surface area (Å²) in [4.78, 5) is 17.1. The summed E-state index contributed by atoms with van der Waals surface area (Å²) in [5, 5.41) is 2.95. The maximum atomic E-state index is 12.3. The normalized spacial score (nSPS) is 15.0. The molecular formula is C23H31N3O2. The van der Waals surface area contributed by atoms with Crippen molar-refractivity contribution in [2.24, 2.45) is 0 Å². The second-order valence-corrected chi connectivity index (χ2v) is 7.82. The molecule has 1 aliphatic rings. The zero-order valence-electron chi connectivity index (χ0n) is 17.4. The highest BCUT2D eigenvalue weighted by Crippen LogP contribution is 2.26. The second-order valence-electron chi connectivity index (χ2n) is 7.82. The van der Waals surface area contributed by atoms with Crippen molar-refractivity contribution in [1.29, 1.82) is 0 Å². The highest BCUT2D eigenvalue weighted by Gasteiger charge is 2.16. The zero-order chi connectivity index (χ0) is 20.1. The maximum absolute atomic E-state index is 12.3. The van der Waals surface area contributed by atoms with Gasteiger partial charge in [0.25, 0.3) is 5.91 Å². The summed E-state index contributed by atoms with van der Waals surface area (Å²) in [6.45, 7) is 10.6. The van der Waals surface area contributed by atoms with Crippen molar-refractivity contribution in [1.82, 2.24) is 4.90 Å². The Morgan fingerprint density at radius 2 is 1.82 bits per heavy atom. The van der Waals surface area contributed by atoms with E-state index >= 15 is 0 Å². The predicted molar refractivity (Wildman–Crippen MR) is 116 cm³/mol. The number of nitrogens with one attached hydrogen (secondary N) is 1. The SMILES string of the molecule is Cc1cc(NC(=O)COc2ccccc2C(C)C)ccc1N1CCN(C)CC1. The van der Waals surface area contributed by atoms with E-state index in [0.29, 0.717) is 5.92 Å². The van der Waals surface area contributed by atoms with Crippen LogP contribution >= 0.6 is 0 Å². The van der Waals surface area contributed by atoms with Gasteiger partial charge in [-0.25, -0.2) is 0 Å². The first-order valence-electron chi connectivity index (χ1n) is 9.99. The summed E-state index contributed by atoms with van der Waals surface area (Å²) in [6.07, 6.45) is 0. The molecule has 0 aromatic heterocycles. The van der Waals surface area contributed by atoms with E-state index in [-0.39, 0.29) is 12.5 Å². The third-order valence-corrected chi connectivity index (χ3v) is 5.22. The van der Waals surface area contributed by atoms with Crippen LogP contribution < -0.4 is 15.0 Å². The molecule has 3 rings (SSSR count). The molecule has 150 valence electrons. The van der Waals surface area contributed by atoms with E-state index in [1.165, 1.54) is 11.3 Å². The Labute approximate surface area is 168 Å². The van der Waals surface area contributed by atoms with Gasteiger partial charge in [0.2, 0.25) is 0 Å². The van der Waals surface area contributed by atoms with Gasteiger partial charge in [-0.05, 0) is 55.3 Å². The van der Waals surface area contributed by atoms with Gasteiger partial charge >= 0.3 is 0 Å². The molecule has 1 heterocycles. The van der Waals surface area contributed by atoms with Crippen molar-refractivity contribution in [2.75, 3.05) is 50.1 Å². The minimum Gasteiger partial charge on any atom is -0.483 e. The van der Waals surface area contributed by atoms with E-state index in [4.69, 9.17) is 4.74 Å². The first kappa shape index (κ1) is 20.2. The molecule has 0 radical (unpaired) electrons. The molecule has 1 aliphatic heterocycles. The summed E-state index contributed by atoms with van der Waals surface area (Å²) in [6, 6.07) is 14.0. The number of amides is 1. The van der Waals surface area contributed by atoms with E-state index in [2.05, 4.69) is 49.0 Å². The molecule has 0 aliphatic carbocycles. The van der Waals surface area contributed by atoms with Crippen molar-refractivity contribution in [3.05, 3.63) is 53.6 Å². The summed E-state index contributed by atoms with van der Waals surface area (Å²) in [5.41, 5.74) is 4.34. The molecule has 0 atom stereocenters. The van der Waals surface area contributed by atoms with Gasteiger partial charge < -0.3 is 19.9 Å². The van der Waals surface area contributed by atoms with Crippen LogP contribution in [0.3, 0.4) is 0 Å². The quantitative estimate of drug-likeness (QED) is 0.825. The summed E-state index contributed by atoms with van der Waals surface area (Å²) >= 11 is 0. The monoisotopic (exact) mass is 381 g/mol. The molecule has 28 heavy (non-hydrogen) atoms. The van der Waals surface area contributed by atoms with Gasteiger partial charge in [-0.15, -0.1) is 0 Å². The number of hydrogen-bond acceptors (Lipinski definition) is 4. The van der Waals surface area contributed by atoms with E-state index in [0.717, 1.165) is 43.2 Å². The standard InChI is InChI=1S/C23H31N3O2/c1-17(2)20-7-5-6-8-22(20)28-16-23(27)24-19-9-10-21(18(3)15-19)26-13-11-25(4)12-14-26/h5-10,15,17H,11-14,16H2,1-4H3,(H,24,27). The average Bonchev–Trinajstić information content (AvgIpc) is 2.67. The first-order valence-corrected chi connectivity index (χ1v) is 9.99. The number of likely N-dealkylation sites (N-methyl/N-ethyl adjacent to an activating group) is 1. The van der Waals surface area contributed by atoms with Gasteiger partial charge in [-0.2, -0.15) is 0 Å². The van der Waals surface area contributed by atoms with Gasteiger partial charge in [-0.1, -0.05) is 32.0 Å². The first-order chi connectivity index (χ1) is 13.4. The highest BCUT2D eigenvalue weighted by molar-refractivity contribution is 5.92. The Morgan fingerprint density at radius 1 is 1.11 bits per heavy atom. The van der Waals surface area contributed by atoms with Crippen LogP contribution in [-0.2, 0) is 4.79 Å². The van der Waals surface area contributed by atoms with E-state index in [1.807, 2.05) is 36.4 Å². The Bertz CT molecular complexity index is 811. The van der Waals surface area contributed by atoms with Crippen LogP contribution in [0, 0.1) is 6.92 Å². The second kappa shape index (κ2) is 9.11. The number of rotatable bonds is 6. The molecule has 1 saturated heterocycles. The molecule has 0 unspecified atom stereocenters. The van der Waals surface area contributed by atoms with Crippen LogP contribution in [0.2, 0.25) is 0 Å². The summed E-state index contributed by atoms with van der Waals surface area (Å²) < 4.78 is 5.77. The number of benzene rings is 2. The maximum Gasteiger partial charge on any atom is 0.262 e. The van der Waals surface area contributed by atoms with Gasteiger partial charge in [0, 0.05) is 37.6 Å². The fraction of sp³-hybridized carbons (Fsp3) is 0.435. The molecule has 0 bridgehead atoms. The number of para-hydroxylation sites is 1. The predicted octanol–water partition coefficient (Wildman–Crippen LogP) is 3.89. The van der Waals surface area contributed by atoms with Gasteiger partial charge in [0.1, 0.15) is 5.75 Å². The molecule has 1 N–H and O–H groups in total. The third kappa shape index (κ3) is 5.04. The summed E-state index contributed by atoms with van der Waals surface area (Å²) in [5.74, 6) is 0.976. The number of carbonyl (C=O) groups is 1. The molecule has 5 heteroatoms. The molecule has 0 saturated carbocycles. The van der Waals surface area contributed by atoms with Crippen molar-refractivity contribution < 1.29 is 9.53 Å². The van der Waals surface area contributed by atoms with E-state index in [1.54, 1.807) is 0 Å². The van der Waals surface area contributed by atoms with Gasteiger partial charge in [0.15, 0.2) is 6.61 Å².